The highest BCUT2D eigenvalue weighted by Gasteiger charge is 2.38. The second-order valence-corrected chi connectivity index (χ2v) is 7.75. The lowest BCUT2D eigenvalue weighted by molar-refractivity contribution is -0.144. The maximum absolute atomic E-state index is 13.0. The molecule has 0 bridgehead atoms. The number of nitrogens with one attached hydrogen (secondary N) is 1. The summed E-state index contributed by atoms with van der Waals surface area (Å²) < 4.78 is 10.8. The van der Waals surface area contributed by atoms with Gasteiger partial charge in [-0.3, -0.25) is 0 Å². The zero-order chi connectivity index (χ0) is 21.9. The molecule has 2 atom stereocenters. The number of anilines is 1. The standard InChI is InChI=1S/C21H27ClN2O5/c1-10(2)16(28-5)9-29-21(27)18-12(4)24-11(3)17(20(25)26)19(18)14-8-13(23)6-7-15(14)22/h6-8,10,16,19,24H,9,23H2,1-5H3,(H,25,26). The third kappa shape index (κ3) is 4.92. The highest BCUT2D eigenvalue weighted by molar-refractivity contribution is 6.31. The van der Waals surface area contributed by atoms with Crippen molar-refractivity contribution in [3.05, 3.63) is 51.3 Å². The number of benzene rings is 1. The number of nitrogens with two attached hydrogens (primary N) is 1. The minimum absolute atomic E-state index is 0.0159. The van der Waals surface area contributed by atoms with Gasteiger partial charge in [-0.15, -0.1) is 0 Å². The van der Waals surface area contributed by atoms with Crippen LogP contribution in [0.25, 0.3) is 0 Å². The Bertz CT molecular complexity index is 876. The number of ether oxygens (including phenoxy) is 2. The molecule has 1 aromatic carbocycles. The van der Waals surface area contributed by atoms with Crippen LogP contribution in [-0.2, 0) is 19.1 Å². The minimum atomic E-state index is -1.16. The molecule has 0 saturated heterocycles. The smallest absolute Gasteiger partial charge is 0.336 e. The number of dihydropyridines is 1. The largest absolute Gasteiger partial charge is 0.478 e. The summed E-state index contributed by atoms with van der Waals surface area (Å²) in [5.74, 6) is -2.57. The number of rotatable bonds is 7. The molecule has 4 N–H and O–H groups in total. The number of aliphatic carboxylic acids is 1. The van der Waals surface area contributed by atoms with Crippen molar-refractivity contribution in [1.82, 2.24) is 5.32 Å². The van der Waals surface area contributed by atoms with Crippen LogP contribution in [-0.4, -0.2) is 36.9 Å². The summed E-state index contributed by atoms with van der Waals surface area (Å²) >= 11 is 6.37. The molecule has 0 aliphatic carbocycles. The summed E-state index contributed by atoms with van der Waals surface area (Å²) in [4.78, 5) is 25.1. The van der Waals surface area contributed by atoms with Crippen molar-refractivity contribution in [3.8, 4) is 0 Å². The number of hydrogen-bond donors (Lipinski definition) is 3. The summed E-state index contributed by atoms with van der Waals surface area (Å²) in [6, 6.07) is 4.78. The molecule has 29 heavy (non-hydrogen) atoms. The van der Waals surface area contributed by atoms with Gasteiger partial charge >= 0.3 is 11.9 Å². The number of carboxylic acid groups (broad SMARTS) is 1. The van der Waals surface area contributed by atoms with Gasteiger partial charge in [0.2, 0.25) is 0 Å². The quantitative estimate of drug-likeness (QED) is 0.455. The fourth-order valence-electron chi connectivity index (χ4n) is 3.41. The van der Waals surface area contributed by atoms with E-state index in [2.05, 4.69) is 5.32 Å². The van der Waals surface area contributed by atoms with Gasteiger partial charge in [-0.2, -0.15) is 0 Å². The van der Waals surface area contributed by atoms with Crippen LogP contribution in [0.4, 0.5) is 5.69 Å². The topological polar surface area (TPSA) is 111 Å². The van der Waals surface area contributed by atoms with Crippen LogP contribution in [0.15, 0.2) is 40.7 Å². The first-order valence-electron chi connectivity index (χ1n) is 9.25. The Morgan fingerprint density at radius 3 is 2.41 bits per heavy atom. The normalized spacial score (nSPS) is 18.0. The Balaban J connectivity index is 2.52. The zero-order valence-electron chi connectivity index (χ0n) is 17.2. The van der Waals surface area contributed by atoms with Crippen LogP contribution in [0.1, 0.15) is 39.2 Å². The zero-order valence-corrected chi connectivity index (χ0v) is 18.0. The fraction of sp³-hybridized carbons (Fsp3) is 0.429. The maximum atomic E-state index is 13.0. The number of esters is 1. The average molecular weight is 423 g/mol. The van der Waals surface area contributed by atoms with E-state index < -0.39 is 17.9 Å². The van der Waals surface area contributed by atoms with Gasteiger partial charge in [0.05, 0.1) is 23.2 Å². The van der Waals surface area contributed by atoms with Gasteiger partial charge in [0.15, 0.2) is 0 Å². The Hall–Kier alpha value is -2.51. The molecule has 1 aliphatic rings. The molecule has 1 aliphatic heterocycles. The third-order valence-corrected chi connectivity index (χ3v) is 5.31. The summed E-state index contributed by atoms with van der Waals surface area (Å²) in [6.45, 7) is 7.30. The van der Waals surface area contributed by atoms with E-state index in [9.17, 15) is 14.7 Å². The molecule has 0 radical (unpaired) electrons. The van der Waals surface area contributed by atoms with Crippen molar-refractivity contribution in [1.29, 1.82) is 0 Å². The lowest BCUT2D eigenvalue weighted by Crippen LogP contribution is -2.33. The Morgan fingerprint density at radius 1 is 1.24 bits per heavy atom. The van der Waals surface area contributed by atoms with Gasteiger partial charge < -0.3 is 25.6 Å². The average Bonchev–Trinajstić information content (AvgIpc) is 2.62. The monoisotopic (exact) mass is 422 g/mol. The molecule has 8 heteroatoms. The minimum Gasteiger partial charge on any atom is -0.478 e. The first kappa shape index (κ1) is 22.8. The molecule has 2 rings (SSSR count). The van der Waals surface area contributed by atoms with Crippen LogP contribution in [0.3, 0.4) is 0 Å². The molecular weight excluding hydrogens is 396 g/mol. The number of carboxylic acids is 1. The first-order valence-corrected chi connectivity index (χ1v) is 9.62. The van der Waals surface area contributed by atoms with E-state index in [4.69, 9.17) is 26.8 Å². The van der Waals surface area contributed by atoms with E-state index in [-0.39, 0.29) is 29.8 Å². The van der Waals surface area contributed by atoms with Crippen molar-refractivity contribution >= 4 is 29.2 Å². The maximum Gasteiger partial charge on any atom is 0.336 e. The number of methoxy groups -OCH3 is 1. The molecule has 158 valence electrons. The van der Waals surface area contributed by atoms with Gasteiger partial charge in [0.1, 0.15) is 6.61 Å². The van der Waals surface area contributed by atoms with E-state index in [0.717, 1.165) is 0 Å². The SMILES string of the molecule is COC(COC(=O)C1=C(C)NC(C)=C(C(=O)O)C1c1cc(N)ccc1Cl)C(C)C. The predicted molar refractivity (Wildman–Crippen MR) is 111 cm³/mol. The van der Waals surface area contributed by atoms with Crippen LogP contribution in [0.2, 0.25) is 5.02 Å². The predicted octanol–water partition coefficient (Wildman–Crippen LogP) is 3.46. The van der Waals surface area contributed by atoms with E-state index in [1.807, 2.05) is 13.8 Å². The summed E-state index contributed by atoms with van der Waals surface area (Å²) in [7, 11) is 1.55. The molecular formula is C21H27ClN2O5. The second-order valence-electron chi connectivity index (χ2n) is 7.34. The molecule has 1 aromatic rings. The van der Waals surface area contributed by atoms with E-state index in [0.29, 0.717) is 27.7 Å². The number of halogens is 1. The van der Waals surface area contributed by atoms with Gasteiger partial charge in [-0.25, -0.2) is 9.59 Å². The molecule has 1 heterocycles. The molecule has 0 aromatic heterocycles. The van der Waals surface area contributed by atoms with Crippen molar-refractivity contribution < 1.29 is 24.2 Å². The Kier molecular flexibility index (Phi) is 7.32. The van der Waals surface area contributed by atoms with Crippen molar-refractivity contribution in [2.45, 2.75) is 39.7 Å². The van der Waals surface area contributed by atoms with E-state index >= 15 is 0 Å². The lowest BCUT2D eigenvalue weighted by Gasteiger charge is -2.30. The molecule has 2 unspecified atom stereocenters. The number of allylic oxidation sites excluding steroid dienone is 2. The summed E-state index contributed by atoms with van der Waals surface area (Å²) in [5, 5.41) is 13.1. The molecule has 0 spiro atoms. The molecule has 0 fully saturated rings. The number of hydrogen-bond acceptors (Lipinski definition) is 6. The number of carbonyl (C=O) groups excluding carboxylic acids is 1. The lowest BCUT2D eigenvalue weighted by atomic mass is 9.80. The Morgan fingerprint density at radius 2 is 1.86 bits per heavy atom. The second kappa shape index (κ2) is 9.33. The van der Waals surface area contributed by atoms with Crippen molar-refractivity contribution in [2.24, 2.45) is 5.92 Å². The highest BCUT2D eigenvalue weighted by Crippen LogP contribution is 2.42. The third-order valence-electron chi connectivity index (χ3n) is 4.97. The number of nitrogen functional groups attached to an aromatic ring is 1. The van der Waals surface area contributed by atoms with Gasteiger partial charge in [0, 0.05) is 29.2 Å². The van der Waals surface area contributed by atoms with E-state index in [1.54, 1.807) is 39.2 Å². The van der Waals surface area contributed by atoms with Crippen molar-refractivity contribution in [3.63, 3.8) is 0 Å². The first-order chi connectivity index (χ1) is 13.6. The molecule has 0 amide bonds. The van der Waals surface area contributed by atoms with Crippen LogP contribution in [0.5, 0.6) is 0 Å². The fourth-order valence-corrected chi connectivity index (χ4v) is 3.64. The van der Waals surface area contributed by atoms with Crippen LogP contribution < -0.4 is 11.1 Å². The number of carbonyl (C=O) groups is 2. The van der Waals surface area contributed by atoms with Gasteiger partial charge in [-0.1, -0.05) is 25.4 Å². The van der Waals surface area contributed by atoms with Gasteiger partial charge in [-0.05, 0) is 43.5 Å². The molecule has 7 nitrogen and oxygen atoms in total. The van der Waals surface area contributed by atoms with E-state index in [1.165, 1.54) is 0 Å². The summed E-state index contributed by atoms with van der Waals surface area (Å²) in [5.41, 5.74) is 7.87. The summed E-state index contributed by atoms with van der Waals surface area (Å²) in [6.07, 6.45) is -0.276. The highest BCUT2D eigenvalue weighted by atomic mass is 35.5. The molecule has 0 saturated carbocycles. The van der Waals surface area contributed by atoms with Crippen molar-refractivity contribution in [2.75, 3.05) is 19.5 Å². The van der Waals surface area contributed by atoms with Gasteiger partial charge in [0.25, 0.3) is 0 Å². The van der Waals surface area contributed by atoms with Crippen LogP contribution in [0, 0.1) is 5.92 Å². The Labute approximate surface area is 175 Å². The van der Waals surface area contributed by atoms with Crippen LogP contribution >= 0.6 is 11.6 Å².